The maximum Gasteiger partial charge on any atom is 0.167 e. The van der Waals surface area contributed by atoms with Crippen molar-refractivity contribution >= 4 is 23.1 Å². The van der Waals surface area contributed by atoms with Crippen molar-refractivity contribution in [3.05, 3.63) is 40.9 Å². The highest BCUT2D eigenvalue weighted by atomic mass is 16.1. The average molecular weight is 196 g/mol. The number of hydrogen-bond acceptors (Lipinski definition) is 3. The fourth-order valence-electron chi connectivity index (χ4n) is 1.94. The molecular formula is C12H8N2O. The van der Waals surface area contributed by atoms with Gasteiger partial charge in [-0.25, -0.2) is 0 Å². The number of ketones is 1. The van der Waals surface area contributed by atoms with Crippen LogP contribution in [-0.2, 0) is 4.79 Å². The summed E-state index contributed by atoms with van der Waals surface area (Å²) in [5.74, 6) is 0.138. The molecule has 3 rings (SSSR count). The summed E-state index contributed by atoms with van der Waals surface area (Å²) in [6.45, 7) is 0. The van der Waals surface area contributed by atoms with Gasteiger partial charge in [0, 0.05) is 17.2 Å². The highest BCUT2D eigenvalue weighted by molar-refractivity contribution is 6.21. The van der Waals surface area contributed by atoms with Crippen molar-refractivity contribution < 1.29 is 4.79 Å². The lowest BCUT2D eigenvalue weighted by atomic mass is 9.97. The lowest BCUT2D eigenvalue weighted by Gasteiger charge is -2.06. The summed E-state index contributed by atoms with van der Waals surface area (Å²) in [6, 6.07) is 5.81. The minimum absolute atomic E-state index is 0.138. The first kappa shape index (κ1) is 8.29. The molecule has 3 heteroatoms. The summed E-state index contributed by atoms with van der Waals surface area (Å²) in [6.07, 6.45) is 5.73. The Morgan fingerprint density at radius 3 is 3.13 bits per heavy atom. The number of carbonyl (C=O) groups excluding carboxylic acids is 1. The summed E-state index contributed by atoms with van der Waals surface area (Å²) < 4.78 is 0. The van der Waals surface area contributed by atoms with Crippen LogP contribution in [-0.4, -0.2) is 5.78 Å². The molecule has 1 aromatic rings. The first-order valence-electron chi connectivity index (χ1n) is 4.80. The summed E-state index contributed by atoms with van der Waals surface area (Å²) >= 11 is 0. The van der Waals surface area contributed by atoms with E-state index in [0.717, 1.165) is 21.7 Å². The normalized spacial score (nSPS) is 17.1. The molecule has 0 spiro atoms. The third-order valence-electron chi connectivity index (χ3n) is 2.63. The fourth-order valence-corrected chi connectivity index (χ4v) is 1.94. The second kappa shape index (κ2) is 2.98. The third-order valence-corrected chi connectivity index (χ3v) is 2.63. The van der Waals surface area contributed by atoms with Crippen LogP contribution < -0.4 is 10.4 Å². The summed E-state index contributed by atoms with van der Waals surface area (Å²) in [5.41, 5.74) is 1.50. The predicted octanol–water partition coefficient (Wildman–Crippen LogP) is 1.20. The number of carbonyl (C=O) groups is 1. The Balaban J connectivity index is 2.58. The molecule has 0 atom stereocenters. The molecule has 0 amide bonds. The van der Waals surface area contributed by atoms with Gasteiger partial charge in [0.1, 0.15) is 0 Å². The molecule has 0 radical (unpaired) electrons. The molecule has 0 unspecified atom stereocenters. The number of azo groups is 1. The van der Waals surface area contributed by atoms with E-state index in [0.29, 0.717) is 6.42 Å². The van der Waals surface area contributed by atoms with Gasteiger partial charge >= 0.3 is 0 Å². The lowest BCUT2D eigenvalue weighted by Crippen LogP contribution is -2.32. The zero-order chi connectivity index (χ0) is 10.3. The second-order valence-corrected chi connectivity index (χ2v) is 3.52. The van der Waals surface area contributed by atoms with Gasteiger partial charge in [-0.3, -0.25) is 4.79 Å². The van der Waals surface area contributed by atoms with Crippen LogP contribution in [0.5, 0.6) is 0 Å². The Bertz CT molecular complexity index is 624. The van der Waals surface area contributed by atoms with E-state index >= 15 is 0 Å². The minimum Gasteiger partial charge on any atom is -0.294 e. The largest absolute Gasteiger partial charge is 0.294 e. The molecule has 0 saturated heterocycles. The number of hydrogen-bond donors (Lipinski definition) is 0. The smallest absolute Gasteiger partial charge is 0.167 e. The van der Waals surface area contributed by atoms with E-state index in [9.17, 15) is 4.79 Å². The molecule has 1 aliphatic heterocycles. The number of Topliss-reactive ketones (excluding diaryl/α,β-unsaturated/α-hetero) is 1. The lowest BCUT2D eigenvalue weighted by molar-refractivity contribution is -0.112. The van der Waals surface area contributed by atoms with E-state index < -0.39 is 0 Å². The van der Waals surface area contributed by atoms with E-state index in [1.54, 1.807) is 12.3 Å². The molecule has 1 heterocycles. The van der Waals surface area contributed by atoms with Gasteiger partial charge in [-0.05, 0) is 17.4 Å². The van der Waals surface area contributed by atoms with Crippen molar-refractivity contribution in [1.82, 2.24) is 0 Å². The maximum atomic E-state index is 11.7. The highest BCUT2D eigenvalue weighted by Crippen LogP contribution is 2.14. The molecule has 72 valence electrons. The van der Waals surface area contributed by atoms with Gasteiger partial charge in [-0.2, -0.15) is 10.2 Å². The monoisotopic (exact) mass is 196 g/mol. The van der Waals surface area contributed by atoms with Crippen LogP contribution in [0.4, 0.5) is 5.69 Å². The Morgan fingerprint density at radius 1 is 1.27 bits per heavy atom. The van der Waals surface area contributed by atoms with Gasteiger partial charge in [-0.1, -0.05) is 18.2 Å². The topological polar surface area (TPSA) is 41.8 Å². The molecule has 1 aromatic carbocycles. The standard InChI is InChI=1S/C12H8N2O/c15-11-5-4-8-2-1-3-10-12(8)9(11)6-7-13-14-10/h1-4,6-7H,5H2. The van der Waals surface area contributed by atoms with Crippen LogP contribution in [0, 0.1) is 0 Å². The summed E-state index contributed by atoms with van der Waals surface area (Å²) in [5, 5.41) is 9.93. The molecule has 0 aromatic heterocycles. The van der Waals surface area contributed by atoms with Gasteiger partial charge < -0.3 is 0 Å². The SMILES string of the molecule is O=C1CC=c2cccc3c2=C1C=CN=N3. The van der Waals surface area contributed by atoms with Crippen LogP contribution in [0.3, 0.4) is 0 Å². The van der Waals surface area contributed by atoms with Crippen molar-refractivity contribution in [3.63, 3.8) is 0 Å². The fraction of sp³-hybridized carbons (Fsp3) is 0.0833. The van der Waals surface area contributed by atoms with Crippen LogP contribution in [0.1, 0.15) is 6.42 Å². The molecule has 0 fully saturated rings. The van der Waals surface area contributed by atoms with E-state index in [1.807, 2.05) is 24.3 Å². The quantitative estimate of drug-likeness (QED) is 0.614. The first-order valence-corrected chi connectivity index (χ1v) is 4.80. The molecule has 0 saturated carbocycles. The second-order valence-electron chi connectivity index (χ2n) is 3.52. The van der Waals surface area contributed by atoms with E-state index in [4.69, 9.17) is 0 Å². The molecule has 15 heavy (non-hydrogen) atoms. The zero-order valence-corrected chi connectivity index (χ0v) is 7.97. The van der Waals surface area contributed by atoms with Gasteiger partial charge in [0.05, 0.1) is 11.9 Å². The van der Waals surface area contributed by atoms with Crippen LogP contribution in [0.15, 0.2) is 40.7 Å². The number of allylic oxidation sites excluding steroid dienone is 1. The van der Waals surface area contributed by atoms with E-state index in [1.165, 1.54) is 0 Å². The van der Waals surface area contributed by atoms with E-state index in [-0.39, 0.29) is 5.78 Å². The van der Waals surface area contributed by atoms with Crippen molar-refractivity contribution in [2.24, 2.45) is 10.2 Å². The first-order chi connectivity index (χ1) is 7.36. The number of rotatable bonds is 0. The molecule has 1 aliphatic carbocycles. The maximum absolute atomic E-state index is 11.7. The van der Waals surface area contributed by atoms with Crippen LogP contribution >= 0.6 is 0 Å². The Hall–Kier alpha value is -2.03. The van der Waals surface area contributed by atoms with Gasteiger partial charge in [-0.15, -0.1) is 0 Å². The predicted molar refractivity (Wildman–Crippen MR) is 56.8 cm³/mol. The van der Waals surface area contributed by atoms with Crippen molar-refractivity contribution in [2.45, 2.75) is 6.42 Å². The molecular weight excluding hydrogens is 188 g/mol. The number of nitrogens with zero attached hydrogens (tertiary/aromatic N) is 2. The molecule has 2 aliphatic rings. The van der Waals surface area contributed by atoms with Crippen LogP contribution in [0.25, 0.3) is 11.6 Å². The van der Waals surface area contributed by atoms with E-state index in [2.05, 4.69) is 10.2 Å². The molecule has 0 bridgehead atoms. The van der Waals surface area contributed by atoms with Gasteiger partial charge in [0.15, 0.2) is 5.78 Å². The Morgan fingerprint density at radius 2 is 2.20 bits per heavy atom. The number of benzene rings is 1. The van der Waals surface area contributed by atoms with Crippen molar-refractivity contribution in [1.29, 1.82) is 0 Å². The van der Waals surface area contributed by atoms with Crippen LogP contribution in [0.2, 0.25) is 0 Å². The Kier molecular flexibility index (Phi) is 1.65. The molecule has 0 N–H and O–H groups in total. The molecule has 3 nitrogen and oxygen atoms in total. The zero-order valence-electron chi connectivity index (χ0n) is 7.97. The summed E-state index contributed by atoms with van der Waals surface area (Å²) in [4.78, 5) is 11.7. The average Bonchev–Trinajstić information content (AvgIpc) is 2.48. The van der Waals surface area contributed by atoms with Crippen molar-refractivity contribution in [3.8, 4) is 0 Å². The van der Waals surface area contributed by atoms with Gasteiger partial charge in [0.25, 0.3) is 0 Å². The van der Waals surface area contributed by atoms with Crippen molar-refractivity contribution in [2.75, 3.05) is 0 Å². The third kappa shape index (κ3) is 1.16. The Labute approximate surface area is 86.1 Å². The summed E-state index contributed by atoms with van der Waals surface area (Å²) in [7, 11) is 0. The minimum atomic E-state index is 0.138. The van der Waals surface area contributed by atoms with Gasteiger partial charge in [0.2, 0.25) is 0 Å². The highest BCUT2D eigenvalue weighted by Gasteiger charge is 2.14.